The van der Waals surface area contributed by atoms with Crippen LogP contribution in [0, 0.1) is 0 Å². The van der Waals surface area contributed by atoms with Gasteiger partial charge in [-0.1, -0.05) is 0 Å². The maximum atomic E-state index is 11.0. The van der Waals surface area contributed by atoms with Gasteiger partial charge in [-0.15, -0.1) is 0 Å². The number of hydrogen-bond acceptors (Lipinski definition) is 7. The molecule has 0 bridgehead atoms. The van der Waals surface area contributed by atoms with Crippen LogP contribution >= 0.6 is 0 Å². The van der Waals surface area contributed by atoms with Gasteiger partial charge in [-0.3, -0.25) is 33.9 Å². The lowest BCUT2D eigenvalue weighted by Gasteiger charge is -2.24. The van der Waals surface area contributed by atoms with Crippen LogP contribution in [0.4, 0.5) is 4.79 Å². The Hall–Kier alpha value is -2.93. The number of carbonyl (C=O) groups is 5. The van der Waals surface area contributed by atoms with Gasteiger partial charge in [0.2, 0.25) is 0 Å². The zero-order chi connectivity index (χ0) is 21.7. The summed E-state index contributed by atoms with van der Waals surface area (Å²) in [6.07, 6.45) is -0.905. The minimum absolute atomic E-state index is 0.0953. The van der Waals surface area contributed by atoms with Crippen molar-refractivity contribution < 1.29 is 49.5 Å². The Morgan fingerprint density at radius 3 is 1.25 bits per heavy atom. The number of aliphatic carboxylic acids is 4. The average molecular weight is 407 g/mol. The molecule has 0 aliphatic rings. The fourth-order valence-electron chi connectivity index (χ4n) is 2.47. The summed E-state index contributed by atoms with van der Waals surface area (Å²) < 4.78 is 0. The number of hydrogen-bond donors (Lipinski definition) is 5. The first-order chi connectivity index (χ1) is 13.0. The van der Waals surface area contributed by atoms with Gasteiger partial charge in [-0.2, -0.15) is 0 Å². The third-order valence-electron chi connectivity index (χ3n) is 3.52. The molecule has 0 saturated carbocycles. The molecule has 0 spiro atoms. The highest BCUT2D eigenvalue weighted by Crippen LogP contribution is 2.00. The molecule has 0 heterocycles. The molecule has 0 aromatic carbocycles. The molecule has 0 unspecified atom stereocenters. The number of amides is 1. The highest BCUT2D eigenvalue weighted by atomic mass is 16.4. The predicted octanol–water partition coefficient (Wildman–Crippen LogP) is -1.31. The van der Waals surface area contributed by atoms with Gasteiger partial charge in [0.25, 0.3) is 0 Å². The lowest BCUT2D eigenvalue weighted by molar-refractivity contribution is -0.142. The van der Waals surface area contributed by atoms with Crippen molar-refractivity contribution in [2.75, 3.05) is 52.4 Å². The second-order valence-corrected chi connectivity index (χ2v) is 5.97. The van der Waals surface area contributed by atoms with Gasteiger partial charge in [0.15, 0.2) is 0 Å². The van der Waals surface area contributed by atoms with Gasteiger partial charge < -0.3 is 25.5 Å². The lowest BCUT2D eigenvalue weighted by atomic mass is 10.3. The van der Waals surface area contributed by atoms with Crippen LogP contribution in [-0.2, 0) is 19.2 Å². The molecule has 0 radical (unpaired) electrons. The normalized spacial score (nSPS) is 10.8. The monoisotopic (exact) mass is 407 g/mol. The van der Waals surface area contributed by atoms with E-state index in [1.54, 1.807) is 0 Å². The standard InChI is InChI=1S/C15H25N3O10/c19-11(20)7-16(4-2-6-18(15(27)28)10-14(25)26)3-1-5-17(8-12(21)22)9-13(23)24/h1-10H2,(H,19,20)(H,21,22)(H,23,24)(H,25,26)(H,27,28). The number of carboxylic acids is 4. The quantitative estimate of drug-likeness (QED) is 0.203. The molecule has 0 atom stereocenters. The van der Waals surface area contributed by atoms with Crippen LogP contribution in [0.1, 0.15) is 12.8 Å². The zero-order valence-corrected chi connectivity index (χ0v) is 15.2. The van der Waals surface area contributed by atoms with E-state index in [0.717, 1.165) is 0 Å². The highest BCUT2D eigenvalue weighted by molar-refractivity contribution is 5.75. The molecule has 13 nitrogen and oxygen atoms in total. The van der Waals surface area contributed by atoms with Crippen molar-refractivity contribution >= 4 is 30.0 Å². The van der Waals surface area contributed by atoms with E-state index in [1.807, 2.05) is 0 Å². The number of rotatable bonds is 16. The molecule has 0 fully saturated rings. The Bertz CT molecular complexity index is 552. The fraction of sp³-hybridized carbons (Fsp3) is 0.667. The van der Waals surface area contributed by atoms with Crippen LogP contribution in [0.5, 0.6) is 0 Å². The summed E-state index contributed by atoms with van der Waals surface area (Å²) in [4.78, 5) is 57.4. The summed E-state index contributed by atoms with van der Waals surface area (Å²) in [5.74, 6) is -4.79. The first-order valence-corrected chi connectivity index (χ1v) is 8.31. The van der Waals surface area contributed by atoms with Crippen LogP contribution in [0.2, 0.25) is 0 Å². The molecule has 0 rings (SSSR count). The third kappa shape index (κ3) is 13.3. The van der Waals surface area contributed by atoms with Crippen molar-refractivity contribution in [2.45, 2.75) is 12.8 Å². The Morgan fingerprint density at radius 2 is 0.857 bits per heavy atom. The van der Waals surface area contributed by atoms with E-state index in [9.17, 15) is 24.0 Å². The van der Waals surface area contributed by atoms with Crippen LogP contribution in [0.25, 0.3) is 0 Å². The Kier molecular flexibility index (Phi) is 11.9. The lowest BCUT2D eigenvalue weighted by Crippen LogP contribution is -2.39. The minimum Gasteiger partial charge on any atom is -0.480 e. The topological polar surface area (TPSA) is 196 Å². The molecule has 0 aliphatic heterocycles. The van der Waals surface area contributed by atoms with E-state index in [1.165, 1.54) is 9.80 Å². The van der Waals surface area contributed by atoms with Gasteiger partial charge in [-0.25, -0.2) is 4.79 Å². The molecule has 1 amide bonds. The number of carboxylic acid groups (broad SMARTS) is 5. The predicted molar refractivity (Wildman–Crippen MR) is 92.3 cm³/mol. The Balaban J connectivity index is 4.58. The Morgan fingerprint density at radius 1 is 0.500 bits per heavy atom. The molecule has 28 heavy (non-hydrogen) atoms. The summed E-state index contributed by atoms with van der Waals surface area (Å²) in [5, 5.41) is 44.1. The minimum atomic E-state index is -1.40. The van der Waals surface area contributed by atoms with Crippen LogP contribution in [-0.4, -0.2) is 123 Å². The van der Waals surface area contributed by atoms with Gasteiger partial charge >= 0.3 is 30.0 Å². The van der Waals surface area contributed by atoms with Crippen molar-refractivity contribution in [1.82, 2.24) is 14.7 Å². The summed E-state index contributed by atoms with van der Waals surface area (Å²) in [6, 6.07) is 0. The van der Waals surface area contributed by atoms with E-state index in [2.05, 4.69) is 0 Å². The van der Waals surface area contributed by atoms with Crippen molar-refractivity contribution in [1.29, 1.82) is 0 Å². The van der Waals surface area contributed by atoms with Crippen molar-refractivity contribution in [2.24, 2.45) is 0 Å². The van der Waals surface area contributed by atoms with E-state index < -0.39 is 49.6 Å². The molecule has 0 aromatic heterocycles. The van der Waals surface area contributed by atoms with Crippen molar-refractivity contribution in [3.63, 3.8) is 0 Å². The first kappa shape index (κ1) is 25.1. The second-order valence-electron chi connectivity index (χ2n) is 5.97. The largest absolute Gasteiger partial charge is 0.480 e. The molecule has 160 valence electrons. The molecule has 0 saturated heterocycles. The average Bonchev–Trinajstić information content (AvgIpc) is 2.51. The second kappa shape index (κ2) is 13.3. The summed E-state index contributed by atoms with van der Waals surface area (Å²) in [7, 11) is 0. The number of nitrogens with zero attached hydrogens (tertiary/aromatic N) is 3. The molecule has 0 aliphatic carbocycles. The van der Waals surface area contributed by atoms with Gasteiger partial charge in [-0.05, 0) is 19.4 Å². The third-order valence-corrected chi connectivity index (χ3v) is 3.52. The zero-order valence-electron chi connectivity index (χ0n) is 15.2. The molecular weight excluding hydrogens is 382 g/mol. The maximum absolute atomic E-state index is 11.0. The van der Waals surface area contributed by atoms with Crippen LogP contribution in [0.3, 0.4) is 0 Å². The summed E-state index contributed by atoms with van der Waals surface area (Å²) in [5.41, 5.74) is 0. The molecule has 13 heteroatoms. The SMILES string of the molecule is O=C(O)CN(CCCN(CC(=O)O)CC(=O)O)CCCN(CC(=O)O)C(=O)O. The van der Waals surface area contributed by atoms with E-state index in [-0.39, 0.29) is 39.1 Å². The van der Waals surface area contributed by atoms with Crippen LogP contribution in [0.15, 0.2) is 0 Å². The van der Waals surface area contributed by atoms with E-state index >= 15 is 0 Å². The first-order valence-electron chi connectivity index (χ1n) is 8.31. The van der Waals surface area contributed by atoms with Gasteiger partial charge in [0, 0.05) is 19.6 Å². The molecule has 5 N–H and O–H groups in total. The maximum Gasteiger partial charge on any atom is 0.407 e. The van der Waals surface area contributed by atoms with Gasteiger partial charge in [0.1, 0.15) is 6.54 Å². The Labute approximate surface area is 160 Å². The van der Waals surface area contributed by atoms with E-state index in [4.69, 9.17) is 25.5 Å². The summed E-state index contributed by atoms with van der Waals surface area (Å²) in [6.45, 7) is -1.54. The van der Waals surface area contributed by atoms with Crippen LogP contribution < -0.4 is 0 Å². The van der Waals surface area contributed by atoms with Gasteiger partial charge in [0.05, 0.1) is 19.6 Å². The molecule has 0 aromatic rings. The van der Waals surface area contributed by atoms with Crippen molar-refractivity contribution in [3.05, 3.63) is 0 Å². The van der Waals surface area contributed by atoms with Crippen molar-refractivity contribution in [3.8, 4) is 0 Å². The van der Waals surface area contributed by atoms with E-state index in [0.29, 0.717) is 11.3 Å². The molecular formula is C15H25N3O10. The highest BCUT2D eigenvalue weighted by Gasteiger charge is 2.17. The fourth-order valence-corrected chi connectivity index (χ4v) is 2.47. The summed E-state index contributed by atoms with van der Waals surface area (Å²) >= 11 is 0. The smallest absolute Gasteiger partial charge is 0.407 e.